The number of rotatable bonds is 0. The first-order valence-electron chi connectivity index (χ1n) is 5.32. The molecule has 76 valence electrons. The molecule has 0 unspecified atom stereocenters. The minimum Gasteiger partial charge on any atom is -0.358 e. The Morgan fingerprint density at radius 2 is 1.87 bits per heavy atom. The van der Waals surface area contributed by atoms with E-state index in [0.717, 1.165) is 28.6 Å². The lowest BCUT2D eigenvalue weighted by atomic mass is 10.0. The number of nitrogens with one attached hydrogen (secondary N) is 1. The maximum Gasteiger partial charge on any atom is 0.165 e. The van der Waals surface area contributed by atoms with Gasteiger partial charge in [0.15, 0.2) is 5.78 Å². The maximum absolute atomic E-state index is 11.8. The van der Waals surface area contributed by atoms with Gasteiger partial charge >= 0.3 is 0 Å². The molecule has 1 N–H and O–H groups in total. The van der Waals surface area contributed by atoms with E-state index in [1.165, 1.54) is 11.1 Å². The fourth-order valence-corrected chi connectivity index (χ4v) is 2.52. The average Bonchev–Trinajstić information content (AvgIpc) is 2.74. The van der Waals surface area contributed by atoms with Crippen molar-refractivity contribution in [2.75, 3.05) is 0 Å². The smallest absolute Gasteiger partial charge is 0.165 e. The van der Waals surface area contributed by atoms with Crippen molar-refractivity contribution in [2.24, 2.45) is 0 Å². The number of carbonyl (C=O) groups is 1. The molecule has 0 saturated carbocycles. The molecule has 0 bridgehead atoms. The van der Waals surface area contributed by atoms with Crippen LogP contribution >= 0.6 is 0 Å². The highest BCUT2D eigenvalue weighted by molar-refractivity contribution is 6.12. The Balaban J connectivity index is 2.51. The van der Waals surface area contributed by atoms with Crippen molar-refractivity contribution in [3.05, 3.63) is 34.5 Å². The van der Waals surface area contributed by atoms with Crippen molar-refractivity contribution in [2.45, 2.75) is 26.7 Å². The minimum atomic E-state index is 0.296. The van der Waals surface area contributed by atoms with Gasteiger partial charge in [-0.25, -0.2) is 0 Å². The largest absolute Gasteiger partial charge is 0.358 e. The molecule has 0 amide bonds. The summed E-state index contributed by atoms with van der Waals surface area (Å²) < 4.78 is 0. The first-order valence-corrected chi connectivity index (χ1v) is 5.32. The highest BCUT2D eigenvalue weighted by Gasteiger charge is 2.25. The van der Waals surface area contributed by atoms with E-state index in [0.29, 0.717) is 12.2 Å². The van der Waals surface area contributed by atoms with Crippen molar-refractivity contribution < 1.29 is 4.79 Å². The number of Topliss-reactive ketones (excluding diaryl/α,β-unsaturated/α-hetero) is 1. The Hall–Kier alpha value is -1.57. The zero-order valence-corrected chi connectivity index (χ0v) is 8.98. The summed E-state index contributed by atoms with van der Waals surface area (Å²) in [7, 11) is 0. The molecule has 1 aliphatic rings. The molecule has 0 atom stereocenters. The highest BCUT2D eigenvalue weighted by atomic mass is 16.1. The number of aryl methyl sites for hydroxylation is 3. The second-order valence-electron chi connectivity index (χ2n) is 4.35. The summed E-state index contributed by atoms with van der Waals surface area (Å²) in [6.45, 7) is 4.15. The molecular weight excluding hydrogens is 186 g/mol. The number of ketones is 1. The number of aromatic nitrogens is 1. The Morgan fingerprint density at radius 1 is 1.13 bits per heavy atom. The average molecular weight is 199 g/mol. The molecule has 0 aliphatic heterocycles. The normalized spacial score (nSPS) is 14.9. The second kappa shape index (κ2) is 2.72. The molecule has 2 heteroatoms. The number of H-pyrrole nitrogens is 1. The predicted octanol–water partition coefficient (Wildman–Crippen LogP) is 2.91. The van der Waals surface area contributed by atoms with Gasteiger partial charge in [-0.15, -0.1) is 0 Å². The van der Waals surface area contributed by atoms with Gasteiger partial charge in [0.2, 0.25) is 0 Å². The first-order chi connectivity index (χ1) is 7.18. The number of fused-ring (bicyclic) bond motifs is 3. The molecule has 0 saturated heterocycles. The molecule has 15 heavy (non-hydrogen) atoms. The quantitative estimate of drug-likeness (QED) is 0.695. The van der Waals surface area contributed by atoms with E-state index >= 15 is 0 Å². The standard InChI is InChI=1S/C13H13NO/c1-7-3-4-8(2)13-11(7)12-9(14-13)5-6-10(12)15/h3-4,14H,5-6H2,1-2H3. The molecule has 0 fully saturated rings. The number of aromatic amines is 1. The SMILES string of the molecule is Cc1ccc(C)c2c3c([nH]c12)CCC3=O. The van der Waals surface area contributed by atoms with Crippen molar-refractivity contribution in [1.29, 1.82) is 0 Å². The summed E-state index contributed by atoms with van der Waals surface area (Å²) in [5.74, 6) is 0.296. The van der Waals surface area contributed by atoms with Crippen LogP contribution < -0.4 is 0 Å². The Labute approximate surface area is 88.3 Å². The molecule has 3 rings (SSSR count). The van der Waals surface area contributed by atoms with Gasteiger partial charge in [0.1, 0.15) is 0 Å². The fourth-order valence-electron chi connectivity index (χ4n) is 2.52. The number of hydrogen-bond donors (Lipinski definition) is 1. The van der Waals surface area contributed by atoms with Crippen LogP contribution in [0.5, 0.6) is 0 Å². The Bertz CT molecular complexity index is 578. The van der Waals surface area contributed by atoms with Crippen molar-refractivity contribution in [1.82, 2.24) is 4.98 Å². The van der Waals surface area contributed by atoms with Crippen LogP contribution in [0.3, 0.4) is 0 Å². The molecule has 1 aromatic carbocycles. The van der Waals surface area contributed by atoms with Gasteiger partial charge in [-0.2, -0.15) is 0 Å². The Morgan fingerprint density at radius 3 is 2.67 bits per heavy atom. The van der Waals surface area contributed by atoms with Crippen LogP contribution in [0.1, 0.15) is 33.6 Å². The van der Waals surface area contributed by atoms with Crippen LogP contribution in [-0.2, 0) is 6.42 Å². The summed E-state index contributed by atoms with van der Waals surface area (Å²) in [5, 5.41) is 1.15. The van der Waals surface area contributed by atoms with Crippen molar-refractivity contribution >= 4 is 16.7 Å². The van der Waals surface area contributed by atoms with Crippen molar-refractivity contribution in [3.8, 4) is 0 Å². The molecule has 2 nitrogen and oxygen atoms in total. The third-order valence-electron chi connectivity index (χ3n) is 3.33. The number of benzene rings is 1. The summed E-state index contributed by atoms with van der Waals surface area (Å²) in [6.07, 6.45) is 1.55. The van der Waals surface area contributed by atoms with E-state index in [1.54, 1.807) is 0 Å². The predicted molar refractivity (Wildman–Crippen MR) is 60.4 cm³/mol. The van der Waals surface area contributed by atoms with Gasteiger partial charge < -0.3 is 4.98 Å². The topological polar surface area (TPSA) is 32.9 Å². The fraction of sp³-hybridized carbons (Fsp3) is 0.308. The van der Waals surface area contributed by atoms with E-state index in [9.17, 15) is 4.79 Å². The molecule has 1 aromatic heterocycles. The Kier molecular flexibility index (Phi) is 1.58. The third kappa shape index (κ3) is 1.02. The van der Waals surface area contributed by atoms with Crippen molar-refractivity contribution in [3.63, 3.8) is 0 Å². The van der Waals surface area contributed by atoms with E-state index in [1.807, 2.05) is 0 Å². The van der Waals surface area contributed by atoms with Crippen LogP contribution in [0.15, 0.2) is 12.1 Å². The monoisotopic (exact) mass is 199 g/mol. The minimum absolute atomic E-state index is 0.296. The van der Waals surface area contributed by atoms with Gasteiger partial charge in [0.05, 0.1) is 0 Å². The lowest BCUT2D eigenvalue weighted by Gasteiger charge is -2.01. The van der Waals surface area contributed by atoms with E-state index in [4.69, 9.17) is 0 Å². The zero-order chi connectivity index (χ0) is 10.6. The van der Waals surface area contributed by atoms with Crippen LogP contribution in [-0.4, -0.2) is 10.8 Å². The second-order valence-corrected chi connectivity index (χ2v) is 4.35. The summed E-state index contributed by atoms with van der Waals surface area (Å²) in [6, 6.07) is 4.20. The van der Waals surface area contributed by atoms with Gasteiger partial charge in [0.25, 0.3) is 0 Å². The molecule has 1 heterocycles. The zero-order valence-electron chi connectivity index (χ0n) is 8.98. The highest BCUT2D eigenvalue weighted by Crippen LogP contribution is 2.33. The van der Waals surface area contributed by atoms with Crippen LogP contribution in [0, 0.1) is 13.8 Å². The summed E-state index contributed by atoms with van der Waals surface area (Å²) >= 11 is 0. The van der Waals surface area contributed by atoms with E-state index in [2.05, 4.69) is 31.0 Å². The van der Waals surface area contributed by atoms with E-state index < -0.39 is 0 Å². The molecule has 0 spiro atoms. The van der Waals surface area contributed by atoms with Crippen LogP contribution in [0.4, 0.5) is 0 Å². The summed E-state index contributed by atoms with van der Waals surface area (Å²) in [4.78, 5) is 15.2. The molecule has 2 aromatic rings. The van der Waals surface area contributed by atoms with E-state index in [-0.39, 0.29) is 0 Å². The van der Waals surface area contributed by atoms with Gasteiger partial charge in [-0.3, -0.25) is 4.79 Å². The lowest BCUT2D eigenvalue weighted by molar-refractivity contribution is 0.0996. The van der Waals surface area contributed by atoms with Gasteiger partial charge in [-0.05, 0) is 31.4 Å². The maximum atomic E-state index is 11.8. The molecular formula is C13H13NO. The molecule has 1 aliphatic carbocycles. The lowest BCUT2D eigenvalue weighted by Crippen LogP contribution is -1.92. The summed E-state index contributed by atoms with van der Waals surface area (Å²) in [5.41, 5.74) is 5.65. The van der Waals surface area contributed by atoms with Gasteiger partial charge in [-0.1, -0.05) is 12.1 Å². The van der Waals surface area contributed by atoms with Gasteiger partial charge in [0, 0.05) is 28.6 Å². The first kappa shape index (κ1) is 8.72. The number of hydrogen-bond acceptors (Lipinski definition) is 1. The third-order valence-corrected chi connectivity index (χ3v) is 3.33. The molecule has 0 radical (unpaired) electrons. The van der Waals surface area contributed by atoms with Crippen LogP contribution in [0.25, 0.3) is 10.9 Å². The number of carbonyl (C=O) groups excluding carboxylic acids is 1. The van der Waals surface area contributed by atoms with Crippen LogP contribution in [0.2, 0.25) is 0 Å².